The molecule has 3 atom stereocenters. The summed E-state index contributed by atoms with van der Waals surface area (Å²) in [4.78, 5) is 12.5. The quantitative estimate of drug-likeness (QED) is 0.780. The SMILES string of the molecule is COc1ccc2c(c1)C(=O)CC1(CCC(C)CC1C)O2. The number of Topliss-reactive ketones (excluding diaryl/α,β-unsaturated/α-hetero) is 1. The minimum absolute atomic E-state index is 0.187. The second-order valence-corrected chi connectivity index (χ2v) is 6.41. The van der Waals surface area contributed by atoms with Crippen LogP contribution in [0.15, 0.2) is 18.2 Å². The largest absolute Gasteiger partial charge is 0.497 e. The van der Waals surface area contributed by atoms with Gasteiger partial charge >= 0.3 is 0 Å². The molecular weight excluding hydrogens is 252 g/mol. The zero-order chi connectivity index (χ0) is 14.3. The van der Waals surface area contributed by atoms with E-state index in [2.05, 4.69) is 13.8 Å². The number of benzene rings is 1. The molecule has 1 heterocycles. The molecule has 1 aromatic carbocycles. The highest BCUT2D eigenvalue weighted by molar-refractivity contribution is 6.00. The van der Waals surface area contributed by atoms with Gasteiger partial charge in [-0.1, -0.05) is 13.8 Å². The van der Waals surface area contributed by atoms with E-state index in [1.54, 1.807) is 13.2 Å². The summed E-state index contributed by atoms with van der Waals surface area (Å²) >= 11 is 0. The van der Waals surface area contributed by atoms with E-state index in [1.165, 1.54) is 0 Å². The van der Waals surface area contributed by atoms with E-state index in [9.17, 15) is 4.79 Å². The molecular formula is C17H22O3. The van der Waals surface area contributed by atoms with Crippen molar-refractivity contribution in [2.24, 2.45) is 11.8 Å². The van der Waals surface area contributed by atoms with Gasteiger partial charge in [0.15, 0.2) is 5.78 Å². The molecule has 3 unspecified atom stereocenters. The fourth-order valence-electron chi connectivity index (χ4n) is 3.65. The highest BCUT2D eigenvalue weighted by Gasteiger charge is 2.47. The summed E-state index contributed by atoms with van der Waals surface area (Å²) in [6.45, 7) is 4.50. The van der Waals surface area contributed by atoms with E-state index in [4.69, 9.17) is 9.47 Å². The van der Waals surface area contributed by atoms with Gasteiger partial charge in [-0.05, 0) is 49.3 Å². The molecule has 3 rings (SSSR count). The summed E-state index contributed by atoms with van der Waals surface area (Å²) in [6, 6.07) is 5.53. The number of hydrogen-bond acceptors (Lipinski definition) is 3. The summed E-state index contributed by atoms with van der Waals surface area (Å²) in [5.74, 6) is 2.77. The normalized spacial score (nSPS) is 32.6. The van der Waals surface area contributed by atoms with Crippen LogP contribution in [0.5, 0.6) is 11.5 Å². The Kier molecular flexibility index (Phi) is 3.23. The summed E-state index contributed by atoms with van der Waals surface area (Å²) in [5.41, 5.74) is 0.381. The first-order valence-corrected chi connectivity index (χ1v) is 7.44. The van der Waals surface area contributed by atoms with Gasteiger partial charge in [0.25, 0.3) is 0 Å². The Hall–Kier alpha value is -1.51. The lowest BCUT2D eigenvalue weighted by atomic mass is 9.68. The van der Waals surface area contributed by atoms with Crippen LogP contribution in [0.1, 0.15) is 49.9 Å². The van der Waals surface area contributed by atoms with Crippen LogP contribution in [0.2, 0.25) is 0 Å². The van der Waals surface area contributed by atoms with Gasteiger partial charge in [0.05, 0.1) is 19.1 Å². The van der Waals surface area contributed by atoms with Gasteiger partial charge in [-0.15, -0.1) is 0 Å². The third-order valence-corrected chi connectivity index (χ3v) is 4.97. The highest BCUT2D eigenvalue weighted by atomic mass is 16.5. The topological polar surface area (TPSA) is 35.5 Å². The second-order valence-electron chi connectivity index (χ2n) is 6.41. The molecule has 1 aliphatic heterocycles. The predicted octanol–water partition coefficient (Wildman–Crippen LogP) is 3.86. The molecule has 1 spiro atoms. The molecule has 0 bridgehead atoms. The lowest BCUT2D eigenvalue weighted by Crippen LogP contribution is -2.50. The van der Waals surface area contributed by atoms with E-state index >= 15 is 0 Å². The Balaban J connectivity index is 1.94. The van der Waals surface area contributed by atoms with Crippen LogP contribution in [0.4, 0.5) is 0 Å². The summed E-state index contributed by atoms with van der Waals surface area (Å²) in [5, 5.41) is 0. The monoisotopic (exact) mass is 274 g/mol. The van der Waals surface area contributed by atoms with Crippen molar-refractivity contribution < 1.29 is 14.3 Å². The molecule has 1 fully saturated rings. The van der Waals surface area contributed by atoms with E-state index < -0.39 is 0 Å². The standard InChI is InChI=1S/C17H22O3/c1-11-6-7-17(12(2)8-11)10-15(18)14-9-13(19-3)4-5-16(14)20-17/h4-5,9,11-12H,6-8,10H2,1-3H3. The summed E-state index contributed by atoms with van der Waals surface area (Å²) < 4.78 is 11.5. The van der Waals surface area contributed by atoms with Crippen molar-refractivity contribution in [2.45, 2.75) is 45.1 Å². The lowest BCUT2D eigenvalue weighted by Gasteiger charge is -2.46. The minimum Gasteiger partial charge on any atom is -0.497 e. The van der Waals surface area contributed by atoms with Crippen LogP contribution in [-0.4, -0.2) is 18.5 Å². The number of ketones is 1. The van der Waals surface area contributed by atoms with E-state index in [1.807, 2.05) is 12.1 Å². The van der Waals surface area contributed by atoms with Crippen LogP contribution in [0, 0.1) is 11.8 Å². The molecule has 20 heavy (non-hydrogen) atoms. The predicted molar refractivity (Wildman–Crippen MR) is 77.5 cm³/mol. The zero-order valence-corrected chi connectivity index (χ0v) is 12.4. The maximum atomic E-state index is 12.5. The fraction of sp³-hybridized carbons (Fsp3) is 0.588. The Morgan fingerprint density at radius 1 is 1.35 bits per heavy atom. The minimum atomic E-state index is -0.287. The highest BCUT2D eigenvalue weighted by Crippen LogP contribution is 2.46. The van der Waals surface area contributed by atoms with Gasteiger partial charge in [-0.25, -0.2) is 0 Å². The number of carbonyl (C=O) groups is 1. The molecule has 3 nitrogen and oxygen atoms in total. The molecule has 1 aliphatic carbocycles. The molecule has 2 aliphatic rings. The number of ether oxygens (including phenoxy) is 2. The number of hydrogen-bond donors (Lipinski definition) is 0. The molecule has 1 saturated carbocycles. The fourth-order valence-corrected chi connectivity index (χ4v) is 3.65. The first kappa shape index (κ1) is 13.5. The smallest absolute Gasteiger partial charge is 0.170 e. The van der Waals surface area contributed by atoms with Crippen LogP contribution >= 0.6 is 0 Å². The molecule has 0 saturated heterocycles. The Morgan fingerprint density at radius 2 is 2.15 bits per heavy atom. The average Bonchev–Trinajstić information content (AvgIpc) is 2.43. The first-order valence-electron chi connectivity index (χ1n) is 7.44. The van der Waals surface area contributed by atoms with Gasteiger partial charge in [0, 0.05) is 0 Å². The van der Waals surface area contributed by atoms with Gasteiger partial charge < -0.3 is 9.47 Å². The number of methoxy groups -OCH3 is 1. The van der Waals surface area contributed by atoms with Crippen molar-refractivity contribution in [1.82, 2.24) is 0 Å². The van der Waals surface area contributed by atoms with Crippen molar-refractivity contribution in [3.8, 4) is 11.5 Å². The summed E-state index contributed by atoms with van der Waals surface area (Å²) in [7, 11) is 1.61. The first-order chi connectivity index (χ1) is 9.54. The van der Waals surface area contributed by atoms with Gasteiger partial charge in [-0.3, -0.25) is 4.79 Å². The molecule has 108 valence electrons. The molecule has 0 aromatic heterocycles. The summed E-state index contributed by atoms with van der Waals surface area (Å²) in [6.07, 6.45) is 3.76. The van der Waals surface area contributed by atoms with Crippen molar-refractivity contribution in [2.75, 3.05) is 7.11 Å². The van der Waals surface area contributed by atoms with Crippen molar-refractivity contribution in [3.05, 3.63) is 23.8 Å². The van der Waals surface area contributed by atoms with Gasteiger partial charge in [0.1, 0.15) is 17.1 Å². The van der Waals surface area contributed by atoms with Crippen molar-refractivity contribution in [3.63, 3.8) is 0 Å². The van der Waals surface area contributed by atoms with Gasteiger partial charge in [-0.2, -0.15) is 0 Å². The van der Waals surface area contributed by atoms with Crippen LogP contribution in [0.25, 0.3) is 0 Å². The second kappa shape index (κ2) is 4.80. The molecule has 0 N–H and O–H groups in total. The van der Waals surface area contributed by atoms with Gasteiger partial charge in [0.2, 0.25) is 0 Å². The van der Waals surface area contributed by atoms with Crippen molar-refractivity contribution >= 4 is 5.78 Å². The third-order valence-electron chi connectivity index (χ3n) is 4.97. The number of fused-ring (bicyclic) bond motifs is 1. The Labute approximate surface area is 120 Å². The maximum Gasteiger partial charge on any atom is 0.170 e. The van der Waals surface area contributed by atoms with E-state index in [0.717, 1.165) is 30.9 Å². The molecule has 3 heteroatoms. The Morgan fingerprint density at radius 3 is 2.85 bits per heavy atom. The Bertz CT molecular complexity index is 537. The molecule has 0 radical (unpaired) electrons. The van der Waals surface area contributed by atoms with Crippen LogP contribution in [-0.2, 0) is 0 Å². The van der Waals surface area contributed by atoms with Crippen molar-refractivity contribution in [1.29, 1.82) is 0 Å². The van der Waals surface area contributed by atoms with Crippen LogP contribution in [0.3, 0.4) is 0 Å². The maximum absolute atomic E-state index is 12.5. The third kappa shape index (κ3) is 2.09. The molecule has 0 amide bonds. The number of rotatable bonds is 1. The lowest BCUT2D eigenvalue weighted by molar-refractivity contribution is -0.0372. The average molecular weight is 274 g/mol. The van der Waals surface area contributed by atoms with Crippen LogP contribution < -0.4 is 9.47 Å². The van der Waals surface area contributed by atoms with E-state index in [-0.39, 0.29) is 11.4 Å². The molecule has 1 aromatic rings. The van der Waals surface area contributed by atoms with E-state index in [0.29, 0.717) is 23.7 Å². The zero-order valence-electron chi connectivity index (χ0n) is 12.4. The number of carbonyl (C=O) groups excluding carboxylic acids is 1.